The van der Waals surface area contributed by atoms with E-state index in [2.05, 4.69) is 51.7 Å². The number of rotatable bonds is 5. The second-order valence-corrected chi connectivity index (χ2v) is 6.45. The second-order valence-electron chi connectivity index (χ2n) is 6.45. The summed E-state index contributed by atoms with van der Waals surface area (Å²) in [5, 5.41) is 5.92. The van der Waals surface area contributed by atoms with Crippen molar-refractivity contribution >= 4 is 6.03 Å². The van der Waals surface area contributed by atoms with Gasteiger partial charge in [-0.3, -0.25) is 4.90 Å². The maximum atomic E-state index is 12.1. The third-order valence-corrected chi connectivity index (χ3v) is 4.51. The number of amides is 2. The Kier molecular flexibility index (Phi) is 5.15. The fourth-order valence-electron chi connectivity index (χ4n) is 3.11. The predicted octanol–water partition coefficient (Wildman–Crippen LogP) is 2.30. The van der Waals surface area contributed by atoms with Crippen molar-refractivity contribution in [1.29, 1.82) is 0 Å². The maximum absolute atomic E-state index is 12.1. The van der Waals surface area contributed by atoms with E-state index in [9.17, 15) is 4.79 Å². The molecule has 6 nitrogen and oxygen atoms in total. The highest BCUT2D eigenvalue weighted by atomic mass is 16.3. The molecular weight excluding hydrogens is 304 g/mol. The predicted molar refractivity (Wildman–Crippen MR) is 91.3 cm³/mol. The fourth-order valence-corrected chi connectivity index (χ4v) is 3.11. The normalized spacial score (nSPS) is 20.9. The van der Waals surface area contributed by atoms with Crippen LogP contribution < -0.4 is 10.6 Å². The lowest BCUT2D eigenvalue weighted by molar-refractivity contribution is 0.234. The molecule has 2 aromatic rings. The summed E-state index contributed by atoms with van der Waals surface area (Å²) in [6, 6.07) is 10.4. The van der Waals surface area contributed by atoms with Crippen LogP contribution in [0.5, 0.6) is 0 Å². The number of hydrogen-bond donors (Lipinski definition) is 2. The van der Waals surface area contributed by atoms with Crippen molar-refractivity contribution in [2.75, 3.05) is 13.1 Å². The van der Waals surface area contributed by atoms with Crippen molar-refractivity contribution in [3.63, 3.8) is 0 Å². The molecule has 0 spiro atoms. The number of nitrogens with zero attached hydrogens (tertiary/aromatic N) is 2. The van der Waals surface area contributed by atoms with Crippen LogP contribution in [0.4, 0.5) is 4.79 Å². The Bertz CT molecular complexity index is 671. The number of carbonyl (C=O) groups excluding carboxylic acids is 1. The van der Waals surface area contributed by atoms with E-state index < -0.39 is 0 Å². The van der Waals surface area contributed by atoms with Gasteiger partial charge in [0.2, 0.25) is 0 Å². The van der Waals surface area contributed by atoms with Gasteiger partial charge in [0.05, 0.1) is 6.54 Å². The Labute approximate surface area is 142 Å². The van der Waals surface area contributed by atoms with Gasteiger partial charge in [0.1, 0.15) is 11.5 Å². The summed E-state index contributed by atoms with van der Waals surface area (Å²) < 4.78 is 5.13. The van der Waals surface area contributed by atoms with E-state index in [0.717, 1.165) is 31.1 Å². The third kappa shape index (κ3) is 4.14. The fraction of sp³-hybridized carbons (Fsp3) is 0.444. The molecule has 24 heavy (non-hydrogen) atoms. The quantitative estimate of drug-likeness (QED) is 0.883. The summed E-state index contributed by atoms with van der Waals surface area (Å²) in [6.45, 7) is 7.17. The van der Waals surface area contributed by atoms with E-state index in [1.165, 1.54) is 12.0 Å². The molecule has 1 aromatic heterocycles. The lowest BCUT2D eigenvalue weighted by Gasteiger charge is -2.17. The standard InChI is InChI=1S/C18H24N4O2/c1-13-9-22(10-15-6-4-3-5-7-15)11-17(13)21-18(23)19-8-16-14(2)24-12-20-16/h3-7,12-13,17H,8-11H2,1-2H3,(H2,19,21,23)/t13-,17+/m0/s1. The highest BCUT2D eigenvalue weighted by molar-refractivity contribution is 5.74. The topological polar surface area (TPSA) is 70.4 Å². The first-order valence-corrected chi connectivity index (χ1v) is 8.31. The van der Waals surface area contributed by atoms with Gasteiger partial charge >= 0.3 is 6.03 Å². The molecule has 0 unspecified atom stereocenters. The zero-order valence-electron chi connectivity index (χ0n) is 14.2. The molecule has 2 atom stereocenters. The van der Waals surface area contributed by atoms with Gasteiger partial charge in [-0.15, -0.1) is 0 Å². The van der Waals surface area contributed by atoms with E-state index in [1.807, 2.05) is 13.0 Å². The number of nitrogens with one attached hydrogen (secondary N) is 2. The summed E-state index contributed by atoms with van der Waals surface area (Å²) in [5.41, 5.74) is 2.06. The zero-order valence-corrected chi connectivity index (χ0v) is 14.2. The van der Waals surface area contributed by atoms with E-state index in [1.54, 1.807) is 0 Å². The van der Waals surface area contributed by atoms with Gasteiger partial charge in [-0.1, -0.05) is 37.3 Å². The van der Waals surface area contributed by atoms with Gasteiger partial charge in [-0.2, -0.15) is 0 Å². The highest BCUT2D eigenvalue weighted by Crippen LogP contribution is 2.18. The van der Waals surface area contributed by atoms with Gasteiger partial charge in [0.25, 0.3) is 0 Å². The van der Waals surface area contributed by atoms with Gasteiger partial charge in [-0.25, -0.2) is 9.78 Å². The number of aromatic nitrogens is 1. The lowest BCUT2D eigenvalue weighted by atomic mass is 10.1. The van der Waals surface area contributed by atoms with E-state index >= 15 is 0 Å². The molecule has 1 aliphatic rings. The van der Waals surface area contributed by atoms with Crippen LogP contribution in [0, 0.1) is 12.8 Å². The van der Waals surface area contributed by atoms with Crippen molar-refractivity contribution < 1.29 is 9.21 Å². The highest BCUT2D eigenvalue weighted by Gasteiger charge is 2.30. The molecule has 3 rings (SSSR count). The van der Waals surface area contributed by atoms with Crippen LogP contribution in [-0.2, 0) is 13.1 Å². The van der Waals surface area contributed by atoms with Crippen LogP contribution in [-0.4, -0.2) is 35.0 Å². The average molecular weight is 328 g/mol. The van der Waals surface area contributed by atoms with Gasteiger partial charge in [0.15, 0.2) is 6.39 Å². The van der Waals surface area contributed by atoms with Crippen LogP contribution in [0.2, 0.25) is 0 Å². The minimum atomic E-state index is -0.157. The zero-order chi connectivity index (χ0) is 16.9. The Morgan fingerprint density at radius 3 is 2.83 bits per heavy atom. The number of urea groups is 1. The Balaban J connectivity index is 1.46. The molecule has 128 valence electrons. The van der Waals surface area contributed by atoms with Crippen molar-refractivity contribution in [3.05, 3.63) is 53.7 Å². The number of carbonyl (C=O) groups is 1. The van der Waals surface area contributed by atoms with Crippen LogP contribution in [0.3, 0.4) is 0 Å². The molecule has 1 aromatic carbocycles. The number of aryl methyl sites for hydroxylation is 1. The third-order valence-electron chi connectivity index (χ3n) is 4.51. The molecule has 1 fully saturated rings. The molecule has 0 aliphatic carbocycles. The molecule has 1 aliphatic heterocycles. The molecule has 0 bridgehead atoms. The number of oxazole rings is 1. The number of likely N-dealkylation sites (tertiary alicyclic amines) is 1. The molecule has 2 amide bonds. The first kappa shape index (κ1) is 16.5. The van der Waals surface area contributed by atoms with Crippen LogP contribution in [0.25, 0.3) is 0 Å². The van der Waals surface area contributed by atoms with Crippen LogP contribution in [0.15, 0.2) is 41.1 Å². The monoisotopic (exact) mass is 328 g/mol. The summed E-state index contributed by atoms with van der Waals surface area (Å²) in [4.78, 5) is 18.6. The first-order valence-electron chi connectivity index (χ1n) is 8.31. The van der Waals surface area contributed by atoms with Crippen molar-refractivity contribution in [1.82, 2.24) is 20.5 Å². The Hall–Kier alpha value is -2.34. The maximum Gasteiger partial charge on any atom is 0.315 e. The molecular formula is C18H24N4O2. The summed E-state index contributed by atoms with van der Waals surface area (Å²) in [5.74, 6) is 1.16. The van der Waals surface area contributed by atoms with Crippen molar-refractivity contribution in [2.24, 2.45) is 5.92 Å². The molecule has 0 saturated carbocycles. The van der Waals surface area contributed by atoms with Gasteiger partial charge in [-0.05, 0) is 18.4 Å². The van der Waals surface area contributed by atoms with Crippen molar-refractivity contribution in [2.45, 2.75) is 33.0 Å². The summed E-state index contributed by atoms with van der Waals surface area (Å²) in [7, 11) is 0. The van der Waals surface area contributed by atoms with Gasteiger partial charge in [0, 0.05) is 25.7 Å². The van der Waals surface area contributed by atoms with E-state index in [4.69, 9.17) is 4.42 Å². The largest absolute Gasteiger partial charge is 0.448 e. The number of hydrogen-bond acceptors (Lipinski definition) is 4. The minimum Gasteiger partial charge on any atom is -0.448 e. The molecule has 2 N–H and O–H groups in total. The van der Waals surface area contributed by atoms with E-state index in [-0.39, 0.29) is 12.1 Å². The lowest BCUT2D eigenvalue weighted by Crippen LogP contribution is -2.45. The molecule has 6 heteroatoms. The molecule has 0 radical (unpaired) electrons. The summed E-state index contributed by atoms with van der Waals surface area (Å²) >= 11 is 0. The smallest absolute Gasteiger partial charge is 0.315 e. The molecule has 1 saturated heterocycles. The van der Waals surface area contributed by atoms with Crippen LogP contribution >= 0.6 is 0 Å². The Morgan fingerprint density at radius 2 is 2.12 bits per heavy atom. The number of benzene rings is 1. The molecule has 2 heterocycles. The van der Waals surface area contributed by atoms with Gasteiger partial charge < -0.3 is 15.1 Å². The minimum absolute atomic E-state index is 0.157. The van der Waals surface area contributed by atoms with Crippen molar-refractivity contribution in [3.8, 4) is 0 Å². The average Bonchev–Trinajstić information content (AvgIpc) is 3.12. The van der Waals surface area contributed by atoms with E-state index in [0.29, 0.717) is 12.5 Å². The SMILES string of the molecule is Cc1ocnc1CNC(=O)N[C@@H]1CN(Cc2ccccc2)C[C@@H]1C. The Morgan fingerprint density at radius 1 is 1.33 bits per heavy atom. The first-order chi connectivity index (χ1) is 11.6. The summed E-state index contributed by atoms with van der Waals surface area (Å²) in [6.07, 6.45) is 1.39. The van der Waals surface area contributed by atoms with Crippen LogP contribution in [0.1, 0.15) is 23.9 Å². The second kappa shape index (κ2) is 7.49.